The van der Waals surface area contributed by atoms with Crippen LogP contribution in [0.2, 0.25) is 10.2 Å². The Hall–Kier alpha value is -3.78. The lowest BCUT2D eigenvalue weighted by molar-refractivity contribution is -0.126. The highest BCUT2D eigenvalue weighted by molar-refractivity contribution is 6.33. The number of aromatic nitrogens is 5. The van der Waals surface area contributed by atoms with Gasteiger partial charge in [-0.2, -0.15) is 20.1 Å². The Bertz CT molecular complexity index is 1650. The van der Waals surface area contributed by atoms with Crippen molar-refractivity contribution in [2.24, 2.45) is 0 Å². The van der Waals surface area contributed by atoms with Crippen molar-refractivity contribution in [1.29, 1.82) is 0 Å². The Morgan fingerprint density at radius 3 is 2.66 bits per heavy atom. The van der Waals surface area contributed by atoms with Crippen LogP contribution in [-0.4, -0.2) is 94.5 Å². The van der Waals surface area contributed by atoms with Gasteiger partial charge in [-0.15, -0.1) is 0 Å². The van der Waals surface area contributed by atoms with Gasteiger partial charge in [-0.25, -0.2) is 4.39 Å². The van der Waals surface area contributed by atoms with Gasteiger partial charge in [0.25, 0.3) is 0 Å². The SMILES string of the molecule is C=CC(=O)N1CCN(c2nc(OC3CNCC3OC)nc3c(Oc4c(Cl)c(F)cc5[nH]ncc45)nc(Cl)cc23)CC1. The highest BCUT2D eigenvalue weighted by Crippen LogP contribution is 2.41. The van der Waals surface area contributed by atoms with Crippen molar-refractivity contribution in [3.05, 3.63) is 47.0 Å². The minimum atomic E-state index is -0.699. The van der Waals surface area contributed by atoms with E-state index in [0.717, 1.165) is 0 Å². The van der Waals surface area contributed by atoms with E-state index in [1.54, 1.807) is 18.1 Å². The number of anilines is 1. The number of ether oxygens (including phenoxy) is 3. The second-order valence-corrected chi connectivity index (χ2v) is 10.3. The van der Waals surface area contributed by atoms with E-state index in [4.69, 9.17) is 42.4 Å². The third-order valence-corrected chi connectivity index (χ3v) is 7.65. The zero-order valence-corrected chi connectivity index (χ0v) is 23.4. The minimum Gasteiger partial charge on any atom is -0.456 e. The summed E-state index contributed by atoms with van der Waals surface area (Å²) in [5, 5.41) is 10.7. The van der Waals surface area contributed by atoms with Crippen molar-refractivity contribution in [3.63, 3.8) is 0 Å². The fraction of sp³-hybridized carbons (Fsp3) is 0.346. The number of nitrogens with one attached hydrogen (secondary N) is 2. The van der Waals surface area contributed by atoms with Gasteiger partial charge >= 0.3 is 6.01 Å². The van der Waals surface area contributed by atoms with Crippen molar-refractivity contribution in [1.82, 2.24) is 35.4 Å². The summed E-state index contributed by atoms with van der Waals surface area (Å²) < 4.78 is 32.5. The quantitative estimate of drug-likeness (QED) is 0.240. The van der Waals surface area contributed by atoms with Gasteiger partial charge in [-0.05, 0) is 12.1 Å². The standard InChI is InChI=1S/C26H25Cl2FN8O4/c1-3-20(38)36-4-6-37(7-5-36)24-13-8-19(27)32-25(41-23-14-10-31-35-16(14)9-15(29)21(23)28)22(13)33-26(34-24)40-18-12-30-11-17(18)39-2/h3,8-10,17-18,30H,1,4-7,11-12H2,2H3,(H,31,35). The highest BCUT2D eigenvalue weighted by Gasteiger charge is 2.31. The van der Waals surface area contributed by atoms with Crippen LogP contribution < -0.4 is 19.7 Å². The van der Waals surface area contributed by atoms with Crippen LogP contribution in [0.5, 0.6) is 17.6 Å². The van der Waals surface area contributed by atoms with Gasteiger partial charge in [0.1, 0.15) is 39.5 Å². The Kier molecular flexibility index (Phi) is 7.51. The molecule has 214 valence electrons. The molecule has 0 saturated carbocycles. The molecule has 1 amide bonds. The van der Waals surface area contributed by atoms with E-state index in [-0.39, 0.29) is 51.4 Å². The number of aromatic amines is 1. The van der Waals surface area contributed by atoms with E-state index in [2.05, 4.69) is 32.1 Å². The molecule has 1 aromatic carbocycles. The second-order valence-electron chi connectivity index (χ2n) is 9.52. The fourth-order valence-electron chi connectivity index (χ4n) is 4.99. The van der Waals surface area contributed by atoms with Crippen LogP contribution in [0.1, 0.15) is 0 Å². The van der Waals surface area contributed by atoms with Crippen molar-refractivity contribution in [3.8, 4) is 17.6 Å². The van der Waals surface area contributed by atoms with Crippen LogP contribution in [0.25, 0.3) is 21.8 Å². The third kappa shape index (κ3) is 5.21. The topological polar surface area (TPSA) is 131 Å². The summed E-state index contributed by atoms with van der Waals surface area (Å²) in [4.78, 5) is 29.6. The average Bonchev–Trinajstić information content (AvgIpc) is 3.64. The Labute approximate surface area is 243 Å². The summed E-state index contributed by atoms with van der Waals surface area (Å²) in [7, 11) is 1.61. The van der Waals surface area contributed by atoms with Crippen LogP contribution in [0.4, 0.5) is 10.2 Å². The molecular weight excluding hydrogens is 578 g/mol. The molecule has 0 radical (unpaired) electrons. The summed E-state index contributed by atoms with van der Waals surface area (Å²) in [6, 6.07) is 2.92. The number of carbonyl (C=O) groups excluding carboxylic acids is 1. The Balaban J connectivity index is 1.46. The maximum absolute atomic E-state index is 14.7. The molecule has 0 aliphatic carbocycles. The first-order valence-electron chi connectivity index (χ1n) is 12.8. The van der Waals surface area contributed by atoms with Gasteiger partial charge < -0.3 is 29.3 Å². The molecule has 41 heavy (non-hydrogen) atoms. The minimum absolute atomic E-state index is 0.00473. The number of pyridine rings is 1. The number of H-pyrrole nitrogens is 1. The lowest BCUT2D eigenvalue weighted by Crippen LogP contribution is -2.48. The van der Waals surface area contributed by atoms with Crippen LogP contribution in [0.15, 0.2) is 31.0 Å². The van der Waals surface area contributed by atoms with Crippen molar-refractivity contribution in [2.45, 2.75) is 12.2 Å². The number of hydrogen-bond acceptors (Lipinski definition) is 10. The normalized spacial score (nSPS) is 19.2. The molecule has 3 aromatic heterocycles. The number of nitrogens with zero attached hydrogens (tertiary/aromatic N) is 6. The number of hydrogen-bond donors (Lipinski definition) is 2. The monoisotopic (exact) mass is 602 g/mol. The summed E-state index contributed by atoms with van der Waals surface area (Å²) in [5.74, 6) is -0.339. The predicted molar refractivity (Wildman–Crippen MR) is 151 cm³/mol. The summed E-state index contributed by atoms with van der Waals surface area (Å²) in [6.07, 6.45) is 2.22. The van der Waals surface area contributed by atoms with Gasteiger partial charge in [0.05, 0.1) is 22.5 Å². The molecule has 2 N–H and O–H groups in total. The van der Waals surface area contributed by atoms with E-state index >= 15 is 0 Å². The molecule has 2 atom stereocenters. The van der Waals surface area contributed by atoms with Gasteiger partial charge in [0.2, 0.25) is 11.8 Å². The fourth-order valence-corrected chi connectivity index (χ4v) is 5.37. The predicted octanol–water partition coefficient (Wildman–Crippen LogP) is 3.34. The van der Waals surface area contributed by atoms with Crippen LogP contribution >= 0.6 is 23.2 Å². The van der Waals surface area contributed by atoms with E-state index < -0.39 is 5.82 Å². The molecule has 2 aliphatic heterocycles. The largest absolute Gasteiger partial charge is 0.456 e. The molecular formula is C26H25Cl2FN8O4. The van der Waals surface area contributed by atoms with Crippen molar-refractivity contribution >= 4 is 56.7 Å². The number of halogens is 3. The zero-order chi connectivity index (χ0) is 28.7. The number of methoxy groups -OCH3 is 1. The Morgan fingerprint density at radius 2 is 1.90 bits per heavy atom. The first kappa shape index (κ1) is 27.4. The van der Waals surface area contributed by atoms with Gasteiger partial charge in [0, 0.05) is 52.4 Å². The molecule has 4 aromatic rings. The van der Waals surface area contributed by atoms with Crippen LogP contribution in [0, 0.1) is 5.82 Å². The first-order valence-corrected chi connectivity index (χ1v) is 13.6. The number of piperazine rings is 1. The summed E-state index contributed by atoms with van der Waals surface area (Å²) >= 11 is 12.8. The smallest absolute Gasteiger partial charge is 0.319 e. The lowest BCUT2D eigenvalue weighted by Gasteiger charge is -2.35. The number of fused-ring (bicyclic) bond motifs is 2. The molecule has 2 fully saturated rings. The maximum atomic E-state index is 14.7. The third-order valence-electron chi connectivity index (χ3n) is 7.10. The first-order chi connectivity index (χ1) is 19.9. The van der Waals surface area contributed by atoms with Gasteiger partial charge in [-0.3, -0.25) is 9.89 Å². The molecule has 0 spiro atoms. The van der Waals surface area contributed by atoms with Crippen LogP contribution in [-0.2, 0) is 9.53 Å². The van der Waals surface area contributed by atoms with E-state index in [1.807, 2.05) is 4.90 Å². The van der Waals surface area contributed by atoms with E-state index in [9.17, 15) is 9.18 Å². The zero-order valence-electron chi connectivity index (χ0n) is 21.9. The number of amides is 1. The number of rotatable bonds is 7. The highest BCUT2D eigenvalue weighted by atomic mass is 35.5. The average molecular weight is 603 g/mol. The molecule has 0 bridgehead atoms. The number of carbonyl (C=O) groups is 1. The molecule has 2 unspecified atom stereocenters. The van der Waals surface area contributed by atoms with Gasteiger partial charge in [-0.1, -0.05) is 29.8 Å². The molecule has 5 heterocycles. The van der Waals surface area contributed by atoms with E-state index in [0.29, 0.717) is 61.4 Å². The second kappa shape index (κ2) is 11.2. The molecule has 15 heteroatoms. The Morgan fingerprint density at radius 1 is 1.12 bits per heavy atom. The molecule has 12 nitrogen and oxygen atoms in total. The summed E-state index contributed by atoms with van der Waals surface area (Å²) in [5.41, 5.74) is 0.662. The summed E-state index contributed by atoms with van der Waals surface area (Å²) in [6.45, 7) is 6.63. The molecule has 2 aliphatic rings. The van der Waals surface area contributed by atoms with Crippen molar-refractivity contribution in [2.75, 3.05) is 51.3 Å². The van der Waals surface area contributed by atoms with E-state index in [1.165, 1.54) is 18.3 Å². The van der Waals surface area contributed by atoms with Gasteiger partial charge in [0.15, 0.2) is 5.75 Å². The van der Waals surface area contributed by atoms with Crippen molar-refractivity contribution < 1.29 is 23.4 Å². The van der Waals surface area contributed by atoms with Crippen LogP contribution in [0.3, 0.4) is 0 Å². The maximum Gasteiger partial charge on any atom is 0.319 e. The lowest BCUT2D eigenvalue weighted by atomic mass is 10.2. The molecule has 6 rings (SSSR count). The molecule has 2 saturated heterocycles. The number of benzene rings is 1.